The van der Waals surface area contributed by atoms with Gasteiger partial charge in [-0.1, -0.05) is 0 Å². The highest BCUT2D eigenvalue weighted by Gasteiger charge is 2.13. The van der Waals surface area contributed by atoms with Gasteiger partial charge < -0.3 is 16.0 Å². The SMILES string of the molecule is CC(C)N(C)C(=O)Cn1ncc(NCCN)cc1=O. The van der Waals surface area contributed by atoms with E-state index in [9.17, 15) is 9.59 Å². The molecule has 1 rings (SSSR count). The number of amides is 1. The first-order valence-corrected chi connectivity index (χ1v) is 6.22. The Hall–Kier alpha value is -1.89. The zero-order valence-corrected chi connectivity index (χ0v) is 11.6. The summed E-state index contributed by atoms with van der Waals surface area (Å²) in [5.41, 5.74) is 5.65. The summed E-state index contributed by atoms with van der Waals surface area (Å²) in [7, 11) is 1.70. The van der Waals surface area contributed by atoms with Crippen molar-refractivity contribution in [3.05, 3.63) is 22.6 Å². The summed E-state index contributed by atoms with van der Waals surface area (Å²) in [6.07, 6.45) is 1.51. The Kier molecular flexibility index (Phi) is 5.50. The first-order chi connectivity index (χ1) is 8.95. The van der Waals surface area contributed by atoms with E-state index in [4.69, 9.17) is 5.73 Å². The number of nitrogens with one attached hydrogen (secondary N) is 1. The van der Waals surface area contributed by atoms with Gasteiger partial charge in [-0.3, -0.25) is 9.59 Å². The van der Waals surface area contributed by atoms with Crippen LogP contribution in [-0.4, -0.2) is 46.8 Å². The molecule has 0 spiro atoms. The summed E-state index contributed by atoms with van der Waals surface area (Å²) in [4.78, 5) is 25.2. The largest absolute Gasteiger partial charge is 0.382 e. The van der Waals surface area contributed by atoms with Crippen LogP contribution in [0.5, 0.6) is 0 Å². The van der Waals surface area contributed by atoms with Crippen LogP contribution in [-0.2, 0) is 11.3 Å². The maximum absolute atomic E-state index is 11.9. The molecule has 1 amide bonds. The third-order valence-corrected chi connectivity index (χ3v) is 2.80. The summed E-state index contributed by atoms with van der Waals surface area (Å²) >= 11 is 0. The van der Waals surface area contributed by atoms with Gasteiger partial charge in [-0.05, 0) is 13.8 Å². The van der Waals surface area contributed by atoms with Crippen LogP contribution in [0.4, 0.5) is 5.69 Å². The highest BCUT2D eigenvalue weighted by atomic mass is 16.2. The molecule has 0 unspecified atom stereocenters. The zero-order valence-electron chi connectivity index (χ0n) is 11.6. The summed E-state index contributed by atoms with van der Waals surface area (Å²) in [6.45, 7) is 4.81. The Morgan fingerprint density at radius 1 is 1.58 bits per heavy atom. The smallest absolute Gasteiger partial charge is 0.269 e. The van der Waals surface area contributed by atoms with Gasteiger partial charge in [0.25, 0.3) is 5.56 Å². The van der Waals surface area contributed by atoms with E-state index in [1.807, 2.05) is 13.8 Å². The molecular weight excluding hydrogens is 246 g/mol. The lowest BCUT2D eigenvalue weighted by molar-refractivity contribution is -0.132. The Labute approximate surface area is 112 Å². The predicted molar refractivity (Wildman–Crippen MR) is 73.9 cm³/mol. The van der Waals surface area contributed by atoms with Crippen LogP contribution in [0.3, 0.4) is 0 Å². The first-order valence-electron chi connectivity index (χ1n) is 6.22. The topological polar surface area (TPSA) is 93.2 Å². The van der Waals surface area contributed by atoms with Crippen LogP contribution in [0.1, 0.15) is 13.8 Å². The minimum Gasteiger partial charge on any atom is -0.382 e. The molecule has 0 aliphatic rings. The lowest BCUT2D eigenvalue weighted by Gasteiger charge is -2.21. The number of aromatic nitrogens is 2. The third-order valence-electron chi connectivity index (χ3n) is 2.80. The van der Waals surface area contributed by atoms with Gasteiger partial charge in [0, 0.05) is 32.2 Å². The van der Waals surface area contributed by atoms with Gasteiger partial charge >= 0.3 is 0 Å². The molecule has 0 aliphatic carbocycles. The van der Waals surface area contributed by atoms with Crippen molar-refractivity contribution < 1.29 is 4.79 Å². The lowest BCUT2D eigenvalue weighted by Crippen LogP contribution is -2.38. The minimum atomic E-state index is -0.312. The molecule has 0 atom stereocenters. The van der Waals surface area contributed by atoms with Crippen LogP contribution in [0.2, 0.25) is 0 Å². The second kappa shape index (κ2) is 6.89. The maximum atomic E-state index is 11.9. The molecule has 0 saturated heterocycles. The highest BCUT2D eigenvalue weighted by Crippen LogP contribution is 1.99. The molecule has 3 N–H and O–H groups in total. The fourth-order valence-corrected chi connectivity index (χ4v) is 1.39. The monoisotopic (exact) mass is 267 g/mol. The molecule has 106 valence electrons. The third kappa shape index (κ3) is 4.36. The van der Waals surface area contributed by atoms with E-state index in [-0.39, 0.29) is 24.1 Å². The van der Waals surface area contributed by atoms with Crippen molar-refractivity contribution in [1.29, 1.82) is 0 Å². The summed E-state index contributed by atoms with van der Waals surface area (Å²) in [5, 5.41) is 6.93. The normalized spacial score (nSPS) is 10.6. The Morgan fingerprint density at radius 3 is 2.79 bits per heavy atom. The first kappa shape index (κ1) is 15.2. The van der Waals surface area contributed by atoms with Crippen LogP contribution in [0.15, 0.2) is 17.1 Å². The van der Waals surface area contributed by atoms with Crippen molar-refractivity contribution in [2.45, 2.75) is 26.4 Å². The van der Waals surface area contributed by atoms with Crippen LogP contribution < -0.4 is 16.6 Å². The molecular formula is C12H21N5O2. The molecule has 7 heteroatoms. The van der Waals surface area contributed by atoms with Crippen molar-refractivity contribution in [2.24, 2.45) is 5.73 Å². The number of hydrogen-bond acceptors (Lipinski definition) is 5. The van der Waals surface area contributed by atoms with Crippen molar-refractivity contribution in [3.8, 4) is 0 Å². The van der Waals surface area contributed by atoms with Gasteiger partial charge in [-0.15, -0.1) is 0 Å². The fourth-order valence-electron chi connectivity index (χ4n) is 1.39. The Morgan fingerprint density at radius 2 is 2.26 bits per heavy atom. The molecule has 0 bridgehead atoms. The molecule has 1 heterocycles. The van der Waals surface area contributed by atoms with E-state index in [0.717, 1.165) is 4.68 Å². The van der Waals surface area contributed by atoms with Crippen molar-refractivity contribution in [1.82, 2.24) is 14.7 Å². The summed E-state index contributed by atoms with van der Waals surface area (Å²) in [5.74, 6) is -0.146. The van der Waals surface area contributed by atoms with Gasteiger partial charge in [0.2, 0.25) is 5.91 Å². The molecule has 0 radical (unpaired) electrons. The van der Waals surface area contributed by atoms with E-state index < -0.39 is 0 Å². The van der Waals surface area contributed by atoms with E-state index >= 15 is 0 Å². The molecule has 1 aromatic heterocycles. The molecule has 7 nitrogen and oxygen atoms in total. The fraction of sp³-hybridized carbons (Fsp3) is 0.583. The number of nitrogens with zero attached hydrogens (tertiary/aromatic N) is 3. The predicted octanol–water partition coefficient (Wildman–Crippen LogP) is -0.519. The number of carbonyl (C=O) groups is 1. The quantitative estimate of drug-likeness (QED) is 0.723. The van der Waals surface area contributed by atoms with Crippen molar-refractivity contribution in [2.75, 3.05) is 25.5 Å². The molecule has 19 heavy (non-hydrogen) atoms. The average Bonchev–Trinajstić information content (AvgIpc) is 2.37. The number of likely N-dealkylation sites (N-methyl/N-ethyl adjacent to an activating group) is 1. The summed E-state index contributed by atoms with van der Waals surface area (Å²) < 4.78 is 1.15. The summed E-state index contributed by atoms with van der Waals surface area (Å²) in [6, 6.07) is 1.50. The highest BCUT2D eigenvalue weighted by molar-refractivity contribution is 5.75. The van der Waals surface area contributed by atoms with Crippen LogP contribution in [0.25, 0.3) is 0 Å². The van der Waals surface area contributed by atoms with E-state index in [0.29, 0.717) is 18.8 Å². The maximum Gasteiger partial charge on any atom is 0.269 e. The second-order valence-electron chi connectivity index (χ2n) is 4.55. The van der Waals surface area contributed by atoms with Gasteiger partial charge in [-0.2, -0.15) is 5.10 Å². The minimum absolute atomic E-state index is 0.0509. The lowest BCUT2D eigenvalue weighted by atomic mass is 10.3. The molecule has 0 fully saturated rings. The number of anilines is 1. The average molecular weight is 267 g/mol. The molecule has 1 aromatic rings. The molecule has 0 aromatic carbocycles. The van der Waals surface area contributed by atoms with Gasteiger partial charge in [0.1, 0.15) is 6.54 Å². The van der Waals surface area contributed by atoms with E-state index in [2.05, 4.69) is 10.4 Å². The van der Waals surface area contributed by atoms with E-state index in [1.165, 1.54) is 12.3 Å². The number of rotatable bonds is 6. The van der Waals surface area contributed by atoms with Gasteiger partial charge in [0.15, 0.2) is 0 Å². The van der Waals surface area contributed by atoms with Gasteiger partial charge in [0.05, 0.1) is 11.9 Å². The number of hydrogen-bond donors (Lipinski definition) is 2. The number of carbonyl (C=O) groups excluding carboxylic acids is 1. The number of nitrogens with two attached hydrogens (primary N) is 1. The Balaban J connectivity index is 2.75. The van der Waals surface area contributed by atoms with E-state index in [1.54, 1.807) is 11.9 Å². The van der Waals surface area contributed by atoms with Gasteiger partial charge in [-0.25, -0.2) is 4.68 Å². The standard InChI is InChI=1S/C12H21N5O2/c1-9(2)16(3)12(19)8-17-11(18)6-10(7-15-17)14-5-4-13/h6-7,9,14H,4-5,8,13H2,1-3H3. The second-order valence-corrected chi connectivity index (χ2v) is 4.55. The Bertz CT molecular complexity index is 483. The van der Waals surface area contributed by atoms with Crippen LogP contribution in [0, 0.1) is 0 Å². The van der Waals surface area contributed by atoms with Crippen molar-refractivity contribution in [3.63, 3.8) is 0 Å². The molecule has 0 aliphatic heterocycles. The zero-order chi connectivity index (χ0) is 14.4. The van der Waals surface area contributed by atoms with Crippen molar-refractivity contribution >= 4 is 11.6 Å². The van der Waals surface area contributed by atoms with Crippen LogP contribution >= 0.6 is 0 Å². The molecule has 0 saturated carbocycles.